The Morgan fingerprint density at radius 2 is 1.56 bits per heavy atom. The number of carbonyl (C=O) groups excluding carboxylic acids is 1. The Labute approximate surface area is 185 Å². The quantitative estimate of drug-likeness (QED) is 0.656. The highest BCUT2D eigenvalue weighted by atomic mass is 19.4. The van der Waals surface area contributed by atoms with Crippen molar-refractivity contribution < 1.29 is 27.4 Å². The van der Waals surface area contributed by atoms with Gasteiger partial charge in [0.25, 0.3) is 0 Å². The Bertz CT molecular complexity index is 961. The monoisotopic (exact) mass is 452 g/mol. The molecule has 0 saturated carbocycles. The van der Waals surface area contributed by atoms with Crippen LogP contribution in [0.25, 0.3) is 0 Å². The first-order valence-corrected chi connectivity index (χ1v) is 10.3. The first kappa shape index (κ1) is 23.6. The standard InChI is InChI=1S/C22H27F3N4O3/c1-14-12-15(2)27-19(26-14)31-18-13-16(22(23,24)25)6-7-17(18)28-8-10-29(11-9-28)20(30)32-21(3,4)5/h6-7,12-13H,8-11H2,1-5H3. The Morgan fingerprint density at radius 3 is 2.09 bits per heavy atom. The molecule has 1 aromatic heterocycles. The first-order valence-electron chi connectivity index (χ1n) is 10.3. The van der Waals surface area contributed by atoms with Crippen molar-refractivity contribution >= 4 is 11.8 Å². The van der Waals surface area contributed by atoms with Crippen LogP contribution in [0.5, 0.6) is 11.8 Å². The molecule has 2 aromatic rings. The minimum atomic E-state index is -4.52. The molecule has 32 heavy (non-hydrogen) atoms. The van der Waals surface area contributed by atoms with Crippen LogP contribution in [-0.2, 0) is 10.9 Å². The van der Waals surface area contributed by atoms with E-state index >= 15 is 0 Å². The van der Waals surface area contributed by atoms with Crippen molar-refractivity contribution in [2.45, 2.75) is 46.4 Å². The molecule has 0 N–H and O–H groups in total. The number of rotatable bonds is 3. The minimum absolute atomic E-state index is 0.00976. The zero-order valence-electron chi connectivity index (χ0n) is 18.8. The molecule has 1 aliphatic heterocycles. The van der Waals surface area contributed by atoms with Crippen molar-refractivity contribution in [3.63, 3.8) is 0 Å². The number of aryl methyl sites for hydroxylation is 2. The highest BCUT2D eigenvalue weighted by Crippen LogP contribution is 2.38. The first-order chi connectivity index (χ1) is 14.8. The Kier molecular flexibility index (Phi) is 6.52. The average Bonchev–Trinajstić information content (AvgIpc) is 2.65. The fourth-order valence-electron chi connectivity index (χ4n) is 3.33. The highest BCUT2D eigenvalue weighted by molar-refractivity contribution is 5.69. The summed E-state index contributed by atoms with van der Waals surface area (Å²) < 4.78 is 51.1. The van der Waals surface area contributed by atoms with E-state index in [-0.39, 0.29) is 11.8 Å². The maximum absolute atomic E-state index is 13.3. The van der Waals surface area contributed by atoms with Gasteiger partial charge in [0.05, 0.1) is 11.3 Å². The zero-order valence-corrected chi connectivity index (χ0v) is 18.8. The molecular formula is C22H27F3N4O3. The maximum atomic E-state index is 13.3. The molecule has 1 aliphatic rings. The number of alkyl halides is 3. The molecule has 1 fully saturated rings. The lowest BCUT2D eigenvalue weighted by molar-refractivity contribution is -0.137. The van der Waals surface area contributed by atoms with E-state index in [0.717, 1.165) is 12.1 Å². The normalized spacial score (nSPS) is 15.0. The van der Waals surface area contributed by atoms with Gasteiger partial charge in [-0.3, -0.25) is 0 Å². The third-order valence-electron chi connectivity index (χ3n) is 4.72. The molecule has 2 heterocycles. The number of piperazine rings is 1. The summed E-state index contributed by atoms with van der Waals surface area (Å²) in [5, 5.41) is 0. The number of amides is 1. The van der Waals surface area contributed by atoms with Crippen LogP contribution in [0.4, 0.5) is 23.7 Å². The third-order valence-corrected chi connectivity index (χ3v) is 4.72. The summed E-state index contributed by atoms with van der Waals surface area (Å²) in [5.41, 5.74) is 0.339. The number of benzene rings is 1. The second-order valence-electron chi connectivity index (χ2n) is 8.67. The summed E-state index contributed by atoms with van der Waals surface area (Å²) in [6, 6.07) is 5.08. The summed E-state index contributed by atoms with van der Waals surface area (Å²) >= 11 is 0. The summed E-state index contributed by atoms with van der Waals surface area (Å²) in [6.45, 7) is 10.5. The molecule has 1 amide bonds. The van der Waals surface area contributed by atoms with Crippen LogP contribution in [-0.4, -0.2) is 52.7 Å². The number of hydrogen-bond acceptors (Lipinski definition) is 6. The van der Waals surface area contributed by atoms with Gasteiger partial charge in [-0.2, -0.15) is 13.2 Å². The van der Waals surface area contributed by atoms with Gasteiger partial charge in [-0.1, -0.05) is 0 Å². The van der Waals surface area contributed by atoms with E-state index in [9.17, 15) is 18.0 Å². The number of nitrogens with zero attached hydrogens (tertiary/aromatic N) is 4. The predicted molar refractivity (Wildman–Crippen MR) is 113 cm³/mol. The molecule has 10 heteroatoms. The van der Waals surface area contributed by atoms with E-state index in [1.165, 1.54) is 6.07 Å². The summed E-state index contributed by atoms with van der Waals surface area (Å²) in [5.74, 6) is 0.00976. The average molecular weight is 452 g/mol. The highest BCUT2D eigenvalue weighted by Gasteiger charge is 2.33. The summed E-state index contributed by atoms with van der Waals surface area (Å²) in [6.07, 6.45) is -4.93. The van der Waals surface area contributed by atoms with Crippen molar-refractivity contribution in [1.29, 1.82) is 0 Å². The molecule has 0 unspecified atom stereocenters. The van der Waals surface area contributed by atoms with Gasteiger partial charge < -0.3 is 19.3 Å². The number of anilines is 1. The van der Waals surface area contributed by atoms with Gasteiger partial charge in [-0.15, -0.1) is 0 Å². The van der Waals surface area contributed by atoms with Crippen LogP contribution in [0.15, 0.2) is 24.3 Å². The Hall–Kier alpha value is -3.04. The molecule has 0 bridgehead atoms. The molecule has 1 aromatic carbocycles. The molecular weight excluding hydrogens is 425 g/mol. The minimum Gasteiger partial charge on any atom is -0.444 e. The lowest BCUT2D eigenvalue weighted by Crippen LogP contribution is -2.50. The van der Waals surface area contributed by atoms with E-state index in [0.29, 0.717) is 43.3 Å². The maximum Gasteiger partial charge on any atom is 0.416 e. The molecule has 0 aliphatic carbocycles. The molecule has 0 radical (unpaired) electrons. The molecule has 174 valence electrons. The number of ether oxygens (including phenoxy) is 2. The van der Waals surface area contributed by atoms with Crippen molar-refractivity contribution in [2.75, 3.05) is 31.1 Å². The molecule has 3 rings (SSSR count). The summed E-state index contributed by atoms with van der Waals surface area (Å²) in [4.78, 5) is 24.1. The second-order valence-corrected chi connectivity index (χ2v) is 8.67. The Morgan fingerprint density at radius 1 is 0.969 bits per heavy atom. The predicted octanol–water partition coefficient (Wildman–Crippen LogP) is 4.96. The zero-order chi connectivity index (χ0) is 23.7. The van der Waals surface area contributed by atoms with Gasteiger partial charge in [0.2, 0.25) is 0 Å². The largest absolute Gasteiger partial charge is 0.444 e. The number of carbonyl (C=O) groups is 1. The number of hydrogen-bond donors (Lipinski definition) is 0. The van der Waals surface area contributed by atoms with E-state index in [4.69, 9.17) is 9.47 Å². The van der Waals surface area contributed by atoms with Gasteiger partial charge in [0.1, 0.15) is 5.60 Å². The van der Waals surface area contributed by atoms with E-state index < -0.39 is 23.4 Å². The van der Waals surface area contributed by atoms with Crippen molar-refractivity contribution in [3.05, 3.63) is 41.2 Å². The van der Waals surface area contributed by atoms with E-state index in [1.54, 1.807) is 45.6 Å². The van der Waals surface area contributed by atoms with Gasteiger partial charge in [-0.05, 0) is 58.9 Å². The molecule has 7 nitrogen and oxygen atoms in total. The lowest BCUT2D eigenvalue weighted by atomic mass is 10.1. The van der Waals surface area contributed by atoms with Crippen LogP contribution < -0.4 is 9.64 Å². The topological polar surface area (TPSA) is 67.8 Å². The smallest absolute Gasteiger partial charge is 0.416 e. The number of aromatic nitrogens is 2. The van der Waals surface area contributed by atoms with E-state index in [2.05, 4.69) is 9.97 Å². The van der Waals surface area contributed by atoms with E-state index in [1.807, 2.05) is 4.90 Å². The third kappa shape index (κ3) is 6.02. The van der Waals surface area contributed by atoms with Gasteiger partial charge in [-0.25, -0.2) is 14.8 Å². The van der Waals surface area contributed by atoms with Crippen LogP contribution in [0.1, 0.15) is 37.7 Å². The lowest BCUT2D eigenvalue weighted by Gasteiger charge is -2.37. The second kappa shape index (κ2) is 8.84. The number of halogens is 3. The van der Waals surface area contributed by atoms with Crippen molar-refractivity contribution in [3.8, 4) is 11.8 Å². The van der Waals surface area contributed by atoms with Crippen LogP contribution in [0.2, 0.25) is 0 Å². The van der Waals surface area contributed by atoms with Crippen molar-refractivity contribution in [1.82, 2.24) is 14.9 Å². The molecule has 1 saturated heterocycles. The SMILES string of the molecule is Cc1cc(C)nc(Oc2cc(C(F)(F)F)ccc2N2CCN(C(=O)OC(C)(C)C)CC2)n1. The fraction of sp³-hybridized carbons (Fsp3) is 0.500. The summed E-state index contributed by atoms with van der Waals surface area (Å²) in [7, 11) is 0. The Balaban J connectivity index is 1.84. The fourth-order valence-corrected chi connectivity index (χ4v) is 3.33. The molecule has 0 spiro atoms. The van der Waals surface area contributed by atoms with Crippen LogP contribution in [0, 0.1) is 13.8 Å². The van der Waals surface area contributed by atoms with Gasteiger partial charge >= 0.3 is 18.3 Å². The van der Waals surface area contributed by atoms with Crippen LogP contribution >= 0.6 is 0 Å². The molecule has 0 atom stereocenters. The van der Waals surface area contributed by atoms with Crippen LogP contribution in [0.3, 0.4) is 0 Å². The van der Waals surface area contributed by atoms with Gasteiger partial charge in [0, 0.05) is 37.6 Å². The van der Waals surface area contributed by atoms with Crippen molar-refractivity contribution in [2.24, 2.45) is 0 Å². The van der Waals surface area contributed by atoms with Gasteiger partial charge in [0.15, 0.2) is 5.75 Å².